The maximum atomic E-state index is 11.4. The predicted molar refractivity (Wildman–Crippen MR) is 98.1 cm³/mol. The van der Waals surface area contributed by atoms with E-state index in [2.05, 4.69) is 25.7 Å². The minimum atomic E-state index is -0.290. The van der Waals surface area contributed by atoms with Crippen molar-refractivity contribution in [1.29, 1.82) is 0 Å². The maximum Gasteiger partial charge on any atom is 0.311 e. The van der Waals surface area contributed by atoms with E-state index in [0.717, 1.165) is 11.1 Å². The van der Waals surface area contributed by atoms with E-state index in [1.54, 1.807) is 25.4 Å². The van der Waals surface area contributed by atoms with Gasteiger partial charge in [-0.25, -0.2) is 4.98 Å². The summed E-state index contributed by atoms with van der Waals surface area (Å²) in [5, 5.41) is 10.5. The molecule has 2 heterocycles. The highest BCUT2D eigenvalue weighted by Gasteiger charge is 2.08. The van der Waals surface area contributed by atoms with Gasteiger partial charge < -0.3 is 9.26 Å². The monoisotopic (exact) mass is 371 g/mol. The van der Waals surface area contributed by atoms with Gasteiger partial charge in [-0.3, -0.25) is 10.2 Å². The summed E-state index contributed by atoms with van der Waals surface area (Å²) in [5.41, 5.74) is 5.23. The number of anilines is 1. The summed E-state index contributed by atoms with van der Waals surface area (Å²) in [5.74, 6) is 0.763. The van der Waals surface area contributed by atoms with Crippen LogP contribution >= 0.6 is 11.3 Å². The molecule has 0 fully saturated rings. The van der Waals surface area contributed by atoms with Crippen molar-refractivity contribution in [3.63, 3.8) is 0 Å². The molecule has 0 aliphatic rings. The van der Waals surface area contributed by atoms with Crippen molar-refractivity contribution in [2.45, 2.75) is 20.3 Å². The molecule has 1 aromatic carbocycles. The van der Waals surface area contributed by atoms with Crippen LogP contribution in [0.15, 0.2) is 39.3 Å². The minimum Gasteiger partial charge on any atom is -0.466 e. The SMILES string of the molecule is CCOC(=O)Cc1csc(NN=Cc2cccc(-c3noc(C)n3)c2)n1. The number of hydrogen-bond acceptors (Lipinski definition) is 9. The molecule has 134 valence electrons. The van der Waals surface area contributed by atoms with Crippen molar-refractivity contribution in [2.24, 2.45) is 5.10 Å². The van der Waals surface area contributed by atoms with Gasteiger partial charge in [0.05, 0.1) is 24.9 Å². The van der Waals surface area contributed by atoms with E-state index in [4.69, 9.17) is 9.26 Å². The molecule has 9 heteroatoms. The third-order valence-corrected chi connectivity index (χ3v) is 4.02. The zero-order valence-corrected chi connectivity index (χ0v) is 15.1. The average Bonchev–Trinajstić information content (AvgIpc) is 3.24. The zero-order chi connectivity index (χ0) is 18.4. The molecule has 2 aromatic heterocycles. The number of ether oxygens (including phenoxy) is 1. The first kappa shape index (κ1) is 17.7. The first-order chi connectivity index (χ1) is 12.6. The minimum absolute atomic E-state index is 0.155. The first-order valence-corrected chi connectivity index (χ1v) is 8.82. The second kappa shape index (κ2) is 8.34. The third-order valence-electron chi connectivity index (χ3n) is 3.23. The van der Waals surface area contributed by atoms with Crippen molar-refractivity contribution < 1.29 is 14.1 Å². The van der Waals surface area contributed by atoms with Crippen LogP contribution in [0.5, 0.6) is 0 Å². The van der Waals surface area contributed by atoms with Gasteiger partial charge in [-0.2, -0.15) is 10.1 Å². The van der Waals surface area contributed by atoms with E-state index >= 15 is 0 Å². The summed E-state index contributed by atoms with van der Waals surface area (Å²) in [6.45, 7) is 3.88. The topological polar surface area (TPSA) is 102 Å². The molecule has 0 bridgehead atoms. The molecule has 0 saturated heterocycles. The van der Waals surface area contributed by atoms with Crippen molar-refractivity contribution in [1.82, 2.24) is 15.1 Å². The molecule has 3 rings (SSSR count). The zero-order valence-electron chi connectivity index (χ0n) is 14.3. The molecule has 0 radical (unpaired) electrons. The molecule has 8 nitrogen and oxygen atoms in total. The van der Waals surface area contributed by atoms with Crippen LogP contribution in [-0.4, -0.2) is 33.9 Å². The van der Waals surface area contributed by atoms with E-state index in [1.807, 2.05) is 24.3 Å². The van der Waals surface area contributed by atoms with Crippen molar-refractivity contribution >= 4 is 28.7 Å². The molecular formula is C17H17N5O3S. The average molecular weight is 371 g/mol. The number of esters is 1. The Labute approximate surface area is 153 Å². The number of aromatic nitrogens is 3. The number of carbonyl (C=O) groups is 1. The van der Waals surface area contributed by atoms with Gasteiger partial charge in [-0.1, -0.05) is 23.4 Å². The van der Waals surface area contributed by atoms with Gasteiger partial charge in [-0.15, -0.1) is 11.3 Å². The molecule has 0 aliphatic heterocycles. The number of hydrogen-bond donors (Lipinski definition) is 1. The smallest absolute Gasteiger partial charge is 0.311 e. The molecular weight excluding hydrogens is 354 g/mol. The fraction of sp³-hybridized carbons (Fsp3) is 0.235. The molecule has 0 amide bonds. The Hall–Kier alpha value is -3.07. The lowest BCUT2D eigenvalue weighted by atomic mass is 10.1. The number of benzene rings is 1. The number of nitrogens with zero attached hydrogens (tertiary/aromatic N) is 4. The van der Waals surface area contributed by atoms with E-state index in [1.165, 1.54) is 11.3 Å². The van der Waals surface area contributed by atoms with E-state index in [9.17, 15) is 4.79 Å². The van der Waals surface area contributed by atoms with E-state index in [-0.39, 0.29) is 12.4 Å². The third kappa shape index (κ3) is 4.73. The number of hydrazone groups is 1. The van der Waals surface area contributed by atoms with Crippen molar-refractivity contribution in [2.75, 3.05) is 12.0 Å². The van der Waals surface area contributed by atoms with E-state index in [0.29, 0.717) is 29.1 Å². The molecule has 0 spiro atoms. The molecule has 26 heavy (non-hydrogen) atoms. The summed E-state index contributed by atoms with van der Waals surface area (Å²) in [7, 11) is 0. The second-order valence-corrected chi connectivity index (χ2v) is 6.12. The highest BCUT2D eigenvalue weighted by atomic mass is 32.1. The van der Waals surface area contributed by atoms with Gasteiger partial charge in [0.2, 0.25) is 16.8 Å². The summed E-state index contributed by atoms with van der Waals surface area (Å²) in [6, 6.07) is 7.61. The summed E-state index contributed by atoms with van der Waals surface area (Å²) in [4.78, 5) is 19.9. The van der Waals surface area contributed by atoms with Crippen molar-refractivity contribution in [3.05, 3.63) is 46.8 Å². The second-order valence-electron chi connectivity index (χ2n) is 5.26. The Morgan fingerprint density at radius 1 is 1.42 bits per heavy atom. The van der Waals surface area contributed by atoms with Gasteiger partial charge in [0.1, 0.15) is 0 Å². The molecule has 1 N–H and O–H groups in total. The molecule has 0 unspecified atom stereocenters. The van der Waals surface area contributed by atoms with Crippen molar-refractivity contribution in [3.8, 4) is 11.4 Å². The first-order valence-electron chi connectivity index (χ1n) is 7.94. The highest BCUT2D eigenvalue weighted by Crippen LogP contribution is 2.18. The predicted octanol–water partition coefficient (Wildman–Crippen LogP) is 3.05. The Morgan fingerprint density at radius 2 is 2.31 bits per heavy atom. The van der Waals surface area contributed by atoms with Crippen LogP contribution in [-0.2, 0) is 16.0 Å². The maximum absolute atomic E-state index is 11.4. The quantitative estimate of drug-likeness (QED) is 0.387. The molecule has 3 aromatic rings. The van der Waals surface area contributed by atoms with Crippen LogP contribution < -0.4 is 5.43 Å². The van der Waals surface area contributed by atoms with E-state index < -0.39 is 0 Å². The van der Waals surface area contributed by atoms with Gasteiger partial charge in [0, 0.05) is 17.9 Å². The van der Waals surface area contributed by atoms with Gasteiger partial charge in [0.25, 0.3) is 0 Å². The highest BCUT2D eigenvalue weighted by molar-refractivity contribution is 7.13. The Bertz CT molecular complexity index is 919. The van der Waals surface area contributed by atoms with Crippen LogP contribution in [0, 0.1) is 6.92 Å². The standard InChI is InChI=1S/C17H17N5O3S/c1-3-24-15(23)8-14-10-26-17(20-14)21-18-9-12-5-4-6-13(7-12)16-19-11(2)25-22-16/h4-7,9-10H,3,8H2,1-2H3,(H,20,21). The number of thiazole rings is 1. The normalized spacial score (nSPS) is 11.0. The number of nitrogens with one attached hydrogen (secondary N) is 1. The van der Waals surface area contributed by atoms with Crippen LogP contribution in [0.2, 0.25) is 0 Å². The lowest BCUT2D eigenvalue weighted by Crippen LogP contribution is -2.07. The van der Waals surface area contributed by atoms with Crippen LogP contribution in [0.25, 0.3) is 11.4 Å². The number of carbonyl (C=O) groups excluding carboxylic acids is 1. The van der Waals surface area contributed by atoms with Gasteiger partial charge in [0.15, 0.2) is 0 Å². The summed E-state index contributed by atoms with van der Waals surface area (Å²) < 4.78 is 9.90. The largest absolute Gasteiger partial charge is 0.466 e. The van der Waals surface area contributed by atoms with Gasteiger partial charge >= 0.3 is 5.97 Å². The lowest BCUT2D eigenvalue weighted by Gasteiger charge is -1.98. The summed E-state index contributed by atoms with van der Waals surface area (Å²) >= 11 is 1.37. The van der Waals surface area contributed by atoms with Crippen LogP contribution in [0.4, 0.5) is 5.13 Å². The fourth-order valence-corrected chi connectivity index (χ4v) is 2.80. The summed E-state index contributed by atoms with van der Waals surface area (Å²) in [6.07, 6.45) is 1.82. The Kier molecular flexibility index (Phi) is 5.69. The Balaban J connectivity index is 1.61. The Morgan fingerprint density at radius 3 is 3.08 bits per heavy atom. The number of rotatable bonds is 7. The number of aryl methyl sites for hydroxylation is 1. The lowest BCUT2D eigenvalue weighted by molar-refractivity contribution is -0.142. The van der Waals surface area contributed by atoms with Gasteiger partial charge in [-0.05, 0) is 18.6 Å². The molecule has 0 saturated carbocycles. The van der Waals surface area contributed by atoms with Crippen LogP contribution in [0.1, 0.15) is 24.1 Å². The molecule has 0 aliphatic carbocycles. The van der Waals surface area contributed by atoms with Crippen LogP contribution in [0.3, 0.4) is 0 Å². The fourth-order valence-electron chi connectivity index (χ4n) is 2.14. The molecule has 0 atom stereocenters.